The highest BCUT2D eigenvalue weighted by Crippen LogP contribution is 2.25. The average Bonchev–Trinajstić information content (AvgIpc) is 2.67. The molecule has 2 heterocycles. The van der Waals surface area contributed by atoms with Crippen LogP contribution in [0.1, 0.15) is 24.6 Å². The molecule has 1 aromatic rings. The topological polar surface area (TPSA) is 61.9 Å². The third-order valence-electron chi connectivity index (χ3n) is 4.93. The molecule has 1 amide bonds. The molecule has 0 aromatic heterocycles. The fourth-order valence-electron chi connectivity index (χ4n) is 3.56. The lowest BCUT2D eigenvalue weighted by Gasteiger charge is -2.40. The van der Waals surface area contributed by atoms with Crippen molar-refractivity contribution in [2.75, 3.05) is 39.3 Å². The second-order valence-corrected chi connectivity index (χ2v) is 6.81. The Morgan fingerprint density at radius 3 is 2.32 bits per heavy atom. The predicted octanol–water partition coefficient (Wildman–Crippen LogP) is 2.20. The molecular formula is C18H24ClN3O3. The van der Waals surface area contributed by atoms with E-state index < -0.39 is 11.7 Å². The largest absolute Gasteiger partial charge is 0.430 e. The van der Waals surface area contributed by atoms with Crippen LogP contribution in [-0.2, 0) is 9.53 Å². The van der Waals surface area contributed by atoms with Crippen LogP contribution in [0.25, 0.3) is 0 Å². The van der Waals surface area contributed by atoms with Crippen LogP contribution < -0.4 is 5.32 Å². The number of carbonyl (C=O) groups excluding carboxylic acids is 2. The van der Waals surface area contributed by atoms with E-state index in [1.807, 2.05) is 35.2 Å². The SMILES string of the molecule is O=C(Cl)OC(c1ccccc1)N1CCN(C(=O)C2CCNCC2)CC1. The number of carbonyl (C=O) groups is 2. The maximum absolute atomic E-state index is 12.7. The van der Waals surface area contributed by atoms with Crippen LogP contribution >= 0.6 is 11.6 Å². The number of ether oxygens (including phenoxy) is 1. The summed E-state index contributed by atoms with van der Waals surface area (Å²) in [5.74, 6) is 0.394. The maximum atomic E-state index is 12.7. The van der Waals surface area contributed by atoms with Crippen molar-refractivity contribution in [2.24, 2.45) is 5.92 Å². The van der Waals surface area contributed by atoms with Crippen LogP contribution in [0.4, 0.5) is 4.79 Å². The Bertz CT molecular complexity index is 584. The van der Waals surface area contributed by atoms with Crippen molar-refractivity contribution < 1.29 is 14.3 Å². The van der Waals surface area contributed by atoms with Crippen molar-refractivity contribution in [1.29, 1.82) is 0 Å². The number of nitrogens with zero attached hydrogens (tertiary/aromatic N) is 2. The van der Waals surface area contributed by atoms with E-state index in [0.29, 0.717) is 26.2 Å². The van der Waals surface area contributed by atoms with Gasteiger partial charge in [-0.3, -0.25) is 9.69 Å². The predicted molar refractivity (Wildman–Crippen MR) is 95.3 cm³/mol. The van der Waals surface area contributed by atoms with Gasteiger partial charge in [-0.1, -0.05) is 30.3 Å². The first kappa shape index (κ1) is 18.2. The summed E-state index contributed by atoms with van der Waals surface area (Å²) in [6.07, 6.45) is 1.31. The van der Waals surface area contributed by atoms with Crippen LogP contribution in [0.2, 0.25) is 0 Å². The van der Waals surface area contributed by atoms with Gasteiger partial charge in [0.05, 0.1) is 0 Å². The van der Waals surface area contributed by atoms with Crippen molar-refractivity contribution in [3.8, 4) is 0 Å². The Morgan fingerprint density at radius 1 is 1.08 bits per heavy atom. The molecule has 7 heteroatoms. The molecule has 1 aromatic carbocycles. The molecule has 1 atom stereocenters. The number of amides is 1. The second-order valence-electron chi connectivity index (χ2n) is 6.50. The minimum atomic E-state index is -0.818. The highest BCUT2D eigenvalue weighted by atomic mass is 35.5. The summed E-state index contributed by atoms with van der Waals surface area (Å²) in [7, 11) is 0. The van der Waals surface area contributed by atoms with Crippen LogP contribution in [0.15, 0.2) is 30.3 Å². The normalized spacial score (nSPS) is 20.9. The van der Waals surface area contributed by atoms with Crippen LogP contribution in [0.5, 0.6) is 0 Å². The van der Waals surface area contributed by atoms with E-state index in [9.17, 15) is 9.59 Å². The monoisotopic (exact) mass is 365 g/mol. The minimum absolute atomic E-state index is 0.137. The standard InChI is InChI=1S/C18H24ClN3O3/c19-18(24)25-17(15-4-2-1-3-5-15)22-12-10-21(11-13-22)16(23)14-6-8-20-9-7-14/h1-5,14,17,20H,6-13H2. The first-order valence-electron chi connectivity index (χ1n) is 8.80. The zero-order chi connectivity index (χ0) is 17.6. The first-order chi connectivity index (χ1) is 12.1. The molecule has 3 rings (SSSR count). The van der Waals surface area contributed by atoms with Crippen molar-refractivity contribution in [1.82, 2.24) is 15.1 Å². The summed E-state index contributed by atoms with van der Waals surface area (Å²) in [5.41, 5.74) is 0.0664. The second kappa shape index (κ2) is 8.65. The molecule has 0 radical (unpaired) electrons. The van der Waals surface area contributed by atoms with Gasteiger partial charge < -0.3 is 15.0 Å². The summed E-state index contributed by atoms with van der Waals surface area (Å²) in [6, 6.07) is 9.55. The molecule has 1 N–H and O–H groups in total. The van der Waals surface area contributed by atoms with E-state index in [-0.39, 0.29) is 11.8 Å². The molecule has 0 spiro atoms. The van der Waals surface area contributed by atoms with Gasteiger partial charge >= 0.3 is 5.43 Å². The van der Waals surface area contributed by atoms with Crippen LogP contribution in [0.3, 0.4) is 0 Å². The number of piperazine rings is 1. The summed E-state index contributed by atoms with van der Waals surface area (Å²) >= 11 is 5.46. The molecule has 0 aliphatic carbocycles. The van der Waals surface area contributed by atoms with E-state index in [2.05, 4.69) is 10.2 Å². The number of piperidine rings is 1. The van der Waals surface area contributed by atoms with Crippen molar-refractivity contribution in [3.63, 3.8) is 0 Å². The molecule has 2 aliphatic heterocycles. The molecular weight excluding hydrogens is 342 g/mol. The highest BCUT2D eigenvalue weighted by Gasteiger charge is 2.32. The summed E-state index contributed by atoms with van der Waals surface area (Å²) < 4.78 is 5.33. The van der Waals surface area contributed by atoms with Gasteiger partial charge in [0.1, 0.15) is 0 Å². The molecule has 1 unspecified atom stereocenters. The van der Waals surface area contributed by atoms with Crippen LogP contribution in [-0.4, -0.2) is 60.4 Å². The van der Waals surface area contributed by atoms with Gasteiger partial charge in [0.2, 0.25) is 5.91 Å². The van der Waals surface area contributed by atoms with E-state index in [4.69, 9.17) is 16.3 Å². The molecule has 136 valence electrons. The van der Waals surface area contributed by atoms with Gasteiger partial charge in [0.25, 0.3) is 0 Å². The molecule has 2 aliphatic rings. The maximum Gasteiger partial charge on any atom is 0.405 e. The zero-order valence-corrected chi connectivity index (χ0v) is 15.0. The highest BCUT2D eigenvalue weighted by molar-refractivity contribution is 6.61. The van der Waals surface area contributed by atoms with Crippen LogP contribution in [0, 0.1) is 5.92 Å². The Labute approximate surface area is 153 Å². The molecule has 2 fully saturated rings. The fraction of sp³-hybridized carbons (Fsp3) is 0.556. The van der Waals surface area contributed by atoms with Gasteiger partial charge in [-0.25, -0.2) is 4.79 Å². The van der Waals surface area contributed by atoms with Crippen molar-refractivity contribution in [2.45, 2.75) is 19.1 Å². The first-order valence-corrected chi connectivity index (χ1v) is 9.17. The molecule has 0 bridgehead atoms. The number of halogens is 1. The van der Waals surface area contributed by atoms with E-state index in [1.54, 1.807) is 0 Å². The molecule has 6 nitrogen and oxygen atoms in total. The Morgan fingerprint density at radius 2 is 1.72 bits per heavy atom. The zero-order valence-electron chi connectivity index (χ0n) is 14.2. The smallest absolute Gasteiger partial charge is 0.405 e. The Hall–Kier alpha value is -1.63. The van der Waals surface area contributed by atoms with Gasteiger partial charge in [-0.05, 0) is 25.9 Å². The number of nitrogens with one attached hydrogen (secondary N) is 1. The number of benzene rings is 1. The number of rotatable bonds is 4. The lowest BCUT2D eigenvalue weighted by molar-refractivity contribution is -0.140. The summed E-state index contributed by atoms with van der Waals surface area (Å²) in [4.78, 5) is 27.9. The third-order valence-corrected chi connectivity index (χ3v) is 5.02. The Balaban J connectivity index is 1.61. The minimum Gasteiger partial charge on any atom is -0.430 e. The lowest BCUT2D eigenvalue weighted by Crippen LogP contribution is -2.52. The molecule has 25 heavy (non-hydrogen) atoms. The summed E-state index contributed by atoms with van der Waals surface area (Å²) in [6.45, 7) is 4.43. The van der Waals surface area contributed by atoms with Crippen molar-refractivity contribution >= 4 is 22.9 Å². The van der Waals surface area contributed by atoms with Gasteiger partial charge in [-0.2, -0.15) is 0 Å². The lowest BCUT2D eigenvalue weighted by atomic mass is 9.96. The number of hydrogen-bond acceptors (Lipinski definition) is 5. The third kappa shape index (κ3) is 4.71. The Kier molecular flexibility index (Phi) is 6.29. The van der Waals surface area contributed by atoms with E-state index in [0.717, 1.165) is 31.5 Å². The van der Waals surface area contributed by atoms with E-state index >= 15 is 0 Å². The molecule has 0 saturated carbocycles. The van der Waals surface area contributed by atoms with Gasteiger partial charge in [-0.15, -0.1) is 0 Å². The van der Waals surface area contributed by atoms with Crippen molar-refractivity contribution in [3.05, 3.63) is 35.9 Å². The number of hydrogen-bond donors (Lipinski definition) is 1. The fourth-order valence-corrected chi connectivity index (χ4v) is 3.65. The quantitative estimate of drug-likeness (QED) is 0.829. The van der Waals surface area contributed by atoms with E-state index in [1.165, 1.54) is 0 Å². The van der Waals surface area contributed by atoms with Gasteiger partial charge in [0.15, 0.2) is 6.23 Å². The average molecular weight is 366 g/mol. The molecule has 2 saturated heterocycles. The van der Waals surface area contributed by atoms with Gasteiger partial charge in [0, 0.05) is 49.3 Å². The summed E-state index contributed by atoms with van der Waals surface area (Å²) in [5, 5.41) is 3.29.